The second-order valence-corrected chi connectivity index (χ2v) is 7.34. The third kappa shape index (κ3) is 4.61. The monoisotopic (exact) mass is 375 g/mol. The molecule has 0 bridgehead atoms. The summed E-state index contributed by atoms with van der Waals surface area (Å²) in [5, 5.41) is 3.36. The first kappa shape index (κ1) is 17.5. The zero-order valence-corrected chi connectivity index (χ0v) is 15.4. The fraction of sp³-hybridized carbons (Fsp3) is 0.235. The van der Waals surface area contributed by atoms with E-state index in [0.717, 1.165) is 16.4 Å². The molecule has 2 aromatic heterocycles. The summed E-state index contributed by atoms with van der Waals surface area (Å²) in [5.41, 5.74) is 0.553. The number of amides is 1. The van der Waals surface area contributed by atoms with Gasteiger partial charge >= 0.3 is 0 Å². The summed E-state index contributed by atoms with van der Waals surface area (Å²) < 4.78 is 11.6. The lowest BCUT2D eigenvalue weighted by Crippen LogP contribution is -2.11. The van der Waals surface area contributed by atoms with Crippen LogP contribution in [-0.2, 0) is 12.2 Å². The van der Waals surface area contributed by atoms with Gasteiger partial charge in [0.1, 0.15) is 11.5 Å². The van der Waals surface area contributed by atoms with Gasteiger partial charge in [0.2, 0.25) is 5.89 Å². The first-order valence-corrected chi connectivity index (χ1v) is 9.45. The molecule has 0 spiro atoms. The van der Waals surface area contributed by atoms with Crippen molar-refractivity contribution in [3.8, 4) is 5.75 Å². The van der Waals surface area contributed by atoms with Crippen LogP contribution in [0.3, 0.4) is 0 Å². The van der Waals surface area contributed by atoms with Crippen LogP contribution >= 0.6 is 23.1 Å². The molecule has 0 fully saturated rings. The SMILES string of the molecule is CCc1cnc(CSc2cnc(NC(=O)c3ccc(OC)cc3)s2)o1. The van der Waals surface area contributed by atoms with E-state index in [1.165, 1.54) is 11.3 Å². The number of aryl methyl sites for hydroxylation is 1. The zero-order valence-electron chi connectivity index (χ0n) is 13.8. The lowest BCUT2D eigenvalue weighted by Gasteiger charge is -2.03. The second kappa shape index (κ2) is 8.17. The number of hydrogen-bond acceptors (Lipinski definition) is 7. The summed E-state index contributed by atoms with van der Waals surface area (Å²) in [6.45, 7) is 2.03. The Morgan fingerprint density at radius 2 is 2.08 bits per heavy atom. The Balaban J connectivity index is 1.56. The highest BCUT2D eigenvalue weighted by Gasteiger charge is 2.11. The quantitative estimate of drug-likeness (QED) is 0.622. The molecule has 0 aliphatic rings. The molecule has 25 heavy (non-hydrogen) atoms. The van der Waals surface area contributed by atoms with Crippen molar-refractivity contribution >= 4 is 34.1 Å². The molecule has 1 amide bonds. The van der Waals surface area contributed by atoms with Crippen LogP contribution in [0.1, 0.15) is 28.9 Å². The molecule has 8 heteroatoms. The number of benzene rings is 1. The standard InChI is InChI=1S/C17H17N3O3S2/c1-3-12-8-18-14(23-12)10-24-15-9-19-17(25-15)20-16(21)11-4-6-13(22-2)7-5-11/h4-9H,3,10H2,1-2H3,(H,19,20,21). The van der Waals surface area contributed by atoms with Crippen LogP contribution in [0.4, 0.5) is 5.13 Å². The number of aromatic nitrogens is 2. The molecule has 0 aliphatic carbocycles. The van der Waals surface area contributed by atoms with E-state index in [9.17, 15) is 4.79 Å². The number of thioether (sulfide) groups is 1. The van der Waals surface area contributed by atoms with E-state index < -0.39 is 0 Å². The molecular weight excluding hydrogens is 358 g/mol. The average Bonchev–Trinajstić information content (AvgIpc) is 3.29. The van der Waals surface area contributed by atoms with E-state index >= 15 is 0 Å². The molecule has 130 valence electrons. The lowest BCUT2D eigenvalue weighted by molar-refractivity contribution is 0.102. The number of anilines is 1. The Morgan fingerprint density at radius 1 is 1.28 bits per heavy atom. The summed E-state index contributed by atoms with van der Waals surface area (Å²) in [6, 6.07) is 6.93. The molecular formula is C17H17N3O3S2. The predicted octanol–water partition coefficient (Wildman–Crippen LogP) is 4.25. The van der Waals surface area contributed by atoms with E-state index in [-0.39, 0.29) is 5.91 Å². The van der Waals surface area contributed by atoms with Crippen molar-refractivity contribution in [2.75, 3.05) is 12.4 Å². The highest BCUT2D eigenvalue weighted by Crippen LogP contribution is 2.30. The van der Waals surface area contributed by atoms with Gasteiger partial charge in [0.15, 0.2) is 5.13 Å². The number of methoxy groups -OCH3 is 1. The third-order valence-electron chi connectivity index (χ3n) is 3.34. The summed E-state index contributed by atoms with van der Waals surface area (Å²) in [4.78, 5) is 20.7. The van der Waals surface area contributed by atoms with E-state index in [2.05, 4.69) is 15.3 Å². The van der Waals surface area contributed by atoms with Gasteiger partial charge in [-0.25, -0.2) is 9.97 Å². The number of hydrogen-bond donors (Lipinski definition) is 1. The number of carbonyl (C=O) groups excluding carboxylic acids is 1. The Labute approximate surface area is 153 Å². The van der Waals surface area contributed by atoms with Crippen molar-refractivity contribution in [3.63, 3.8) is 0 Å². The predicted molar refractivity (Wildman–Crippen MR) is 98.5 cm³/mol. The minimum Gasteiger partial charge on any atom is -0.497 e. The molecule has 6 nitrogen and oxygen atoms in total. The van der Waals surface area contributed by atoms with Crippen LogP contribution in [0.2, 0.25) is 0 Å². The molecule has 0 radical (unpaired) electrons. The summed E-state index contributed by atoms with van der Waals surface area (Å²) >= 11 is 3.00. The maximum Gasteiger partial charge on any atom is 0.257 e. The van der Waals surface area contributed by atoms with Gasteiger partial charge in [-0.05, 0) is 24.3 Å². The van der Waals surface area contributed by atoms with Crippen molar-refractivity contribution in [2.24, 2.45) is 0 Å². The van der Waals surface area contributed by atoms with Gasteiger partial charge in [-0.2, -0.15) is 0 Å². The minimum absolute atomic E-state index is 0.200. The average molecular weight is 375 g/mol. The molecule has 0 unspecified atom stereocenters. The van der Waals surface area contributed by atoms with Gasteiger partial charge < -0.3 is 9.15 Å². The summed E-state index contributed by atoms with van der Waals surface area (Å²) in [5.74, 6) is 2.72. The normalized spacial score (nSPS) is 10.6. The molecule has 1 aromatic carbocycles. The Morgan fingerprint density at radius 3 is 2.76 bits per heavy atom. The Bertz CT molecular complexity index is 843. The topological polar surface area (TPSA) is 77.2 Å². The molecule has 0 saturated carbocycles. The second-order valence-electron chi connectivity index (χ2n) is 5.03. The van der Waals surface area contributed by atoms with E-state index in [1.54, 1.807) is 55.5 Å². The van der Waals surface area contributed by atoms with Crippen LogP contribution < -0.4 is 10.1 Å². The maximum atomic E-state index is 12.2. The minimum atomic E-state index is -0.200. The fourth-order valence-corrected chi connectivity index (χ4v) is 3.73. The first-order chi connectivity index (χ1) is 12.2. The smallest absolute Gasteiger partial charge is 0.257 e. The van der Waals surface area contributed by atoms with Crippen molar-refractivity contribution in [1.29, 1.82) is 0 Å². The van der Waals surface area contributed by atoms with Gasteiger partial charge in [0, 0.05) is 12.0 Å². The van der Waals surface area contributed by atoms with Gasteiger partial charge in [-0.3, -0.25) is 10.1 Å². The number of oxazole rings is 1. The van der Waals surface area contributed by atoms with Gasteiger partial charge in [-0.1, -0.05) is 18.3 Å². The van der Waals surface area contributed by atoms with Crippen LogP contribution in [0.25, 0.3) is 0 Å². The van der Waals surface area contributed by atoms with Gasteiger partial charge in [-0.15, -0.1) is 11.8 Å². The molecule has 0 saturated heterocycles. The first-order valence-electron chi connectivity index (χ1n) is 7.65. The largest absolute Gasteiger partial charge is 0.497 e. The molecule has 0 atom stereocenters. The summed E-state index contributed by atoms with van der Waals surface area (Å²) in [7, 11) is 1.59. The van der Waals surface area contributed by atoms with Crippen LogP contribution in [-0.4, -0.2) is 23.0 Å². The fourth-order valence-electron chi connectivity index (χ4n) is 2.01. The number of ether oxygens (including phenoxy) is 1. The van der Waals surface area contributed by atoms with Crippen molar-refractivity contribution in [2.45, 2.75) is 23.3 Å². The number of carbonyl (C=O) groups is 1. The number of nitrogens with zero attached hydrogens (tertiary/aromatic N) is 2. The number of nitrogens with one attached hydrogen (secondary N) is 1. The van der Waals surface area contributed by atoms with Crippen molar-refractivity contribution in [1.82, 2.24) is 9.97 Å². The molecule has 0 aliphatic heterocycles. The van der Waals surface area contributed by atoms with Gasteiger partial charge in [0.05, 0.1) is 29.5 Å². The molecule has 3 aromatic rings. The highest BCUT2D eigenvalue weighted by molar-refractivity contribution is 8.00. The molecule has 3 rings (SSSR count). The van der Waals surface area contributed by atoms with Gasteiger partial charge in [0.25, 0.3) is 5.91 Å². The number of thiazole rings is 1. The van der Waals surface area contributed by atoms with Crippen LogP contribution in [0, 0.1) is 0 Å². The Hall–Kier alpha value is -2.32. The van der Waals surface area contributed by atoms with Crippen LogP contribution in [0.15, 0.2) is 45.3 Å². The lowest BCUT2D eigenvalue weighted by atomic mass is 10.2. The maximum absolute atomic E-state index is 12.2. The zero-order chi connectivity index (χ0) is 17.6. The van der Waals surface area contributed by atoms with E-state index in [4.69, 9.17) is 9.15 Å². The molecule has 1 N–H and O–H groups in total. The number of rotatable bonds is 7. The Kier molecular flexibility index (Phi) is 5.72. The van der Waals surface area contributed by atoms with Crippen molar-refractivity contribution in [3.05, 3.63) is 53.9 Å². The van der Waals surface area contributed by atoms with Crippen LogP contribution in [0.5, 0.6) is 5.75 Å². The highest BCUT2D eigenvalue weighted by atomic mass is 32.2. The third-order valence-corrected chi connectivity index (χ3v) is 5.44. The molecule has 2 heterocycles. The van der Waals surface area contributed by atoms with Crippen molar-refractivity contribution < 1.29 is 13.9 Å². The van der Waals surface area contributed by atoms with E-state index in [0.29, 0.717) is 28.1 Å². The summed E-state index contributed by atoms with van der Waals surface area (Å²) in [6.07, 6.45) is 4.32. The van der Waals surface area contributed by atoms with E-state index in [1.807, 2.05) is 6.92 Å².